The van der Waals surface area contributed by atoms with Crippen LogP contribution < -0.4 is 0 Å². The molecule has 0 amide bonds. The van der Waals surface area contributed by atoms with Gasteiger partial charge < -0.3 is 9.53 Å². The van der Waals surface area contributed by atoms with E-state index >= 15 is 0 Å². The first-order valence-corrected chi connectivity index (χ1v) is 13.2. The van der Waals surface area contributed by atoms with Crippen LogP contribution >= 0.6 is 0 Å². The highest BCUT2D eigenvalue weighted by Gasteiger charge is 2.75. The molecular weight excluding hydrogens is 312 g/mol. The van der Waals surface area contributed by atoms with Gasteiger partial charge in [-0.25, -0.2) is 0 Å². The van der Waals surface area contributed by atoms with E-state index in [1.807, 2.05) is 6.07 Å². The molecule has 132 valence electrons. The van der Waals surface area contributed by atoms with Gasteiger partial charge in [-0.1, -0.05) is 69.2 Å². The summed E-state index contributed by atoms with van der Waals surface area (Å²) in [6, 6.07) is 11.5. The van der Waals surface area contributed by atoms with Crippen LogP contribution in [0.15, 0.2) is 30.3 Å². The summed E-state index contributed by atoms with van der Waals surface area (Å²) in [6.07, 6.45) is 7.71. The van der Waals surface area contributed by atoms with Crippen molar-refractivity contribution >= 4 is 14.4 Å². The molecule has 0 N–H and O–H groups in total. The molecule has 0 unspecified atom stereocenters. The summed E-state index contributed by atoms with van der Waals surface area (Å²) in [5.74, 6) is 0.443. The zero-order valence-corrected chi connectivity index (χ0v) is 16.5. The summed E-state index contributed by atoms with van der Waals surface area (Å²) >= 11 is 0. The molecule has 1 spiro atoms. The minimum atomic E-state index is -1.29. The number of aldehydes is 1. The Labute approximate surface area is 148 Å². The Bertz CT molecular complexity index is 557. The molecule has 3 rings (SSSR count). The summed E-state index contributed by atoms with van der Waals surface area (Å²) < 4.78 is 6.10. The molecule has 0 bridgehead atoms. The maximum absolute atomic E-state index is 12.3. The van der Waals surface area contributed by atoms with Gasteiger partial charge in [-0.3, -0.25) is 0 Å². The first-order valence-electron chi connectivity index (χ1n) is 9.52. The van der Waals surface area contributed by atoms with Crippen LogP contribution in [0.3, 0.4) is 0 Å². The molecule has 2 aliphatic rings. The van der Waals surface area contributed by atoms with Gasteiger partial charge in [0.1, 0.15) is 6.29 Å². The minimum Gasteiger partial charge on any atom is -0.376 e. The van der Waals surface area contributed by atoms with Crippen LogP contribution in [0.5, 0.6) is 0 Å². The van der Waals surface area contributed by atoms with Crippen LogP contribution in [-0.4, -0.2) is 21.0 Å². The summed E-state index contributed by atoms with van der Waals surface area (Å²) in [6.45, 7) is 8.60. The topological polar surface area (TPSA) is 26.3 Å². The quantitative estimate of drug-likeness (QED) is 0.495. The van der Waals surface area contributed by atoms with Crippen LogP contribution in [0, 0.1) is 16.7 Å². The molecule has 0 heterocycles. The molecule has 2 aliphatic carbocycles. The Morgan fingerprint density at radius 3 is 2.38 bits per heavy atom. The summed E-state index contributed by atoms with van der Waals surface area (Å²) in [5.41, 5.74) is 1.39. The van der Waals surface area contributed by atoms with E-state index in [4.69, 9.17) is 4.74 Å². The largest absolute Gasteiger partial charge is 0.376 e. The Morgan fingerprint density at radius 2 is 1.79 bits per heavy atom. The zero-order chi connectivity index (χ0) is 17.3. The molecule has 0 saturated heterocycles. The third-order valence-corrected chi connectivity index (χ3v) is 7.95. The van der Waals surface area contributed by atoms with Gasteiger partial charge in [0.2, 0.25) is 0 Å². The minimum absolute atomic E-state index is 0.0887. The number of ether oxygens (including phenoxy) is 1. The van der Waals surface area contributed by atoms with Gasteiger partial charge in [0.25, 0.3) is 0 Å². The second-order valence-corrected chi connectivity index (χ2v) is 14.6. The van der Waals surface area contributed by atoms with Crippen molar-refractivity contribution in [2.75, 3.05) is 6.61 Å². The third-order valence-electron chi connectivity index (χ3n) is 6.31. The smallest absolute Gasteiger partial charge is 0.126 e. The first-order chi connectivity index (χ1) is 11.4. The fraction of sp³-hybridized carbons (Fsp3) is 0.667. The lowest BCUT2D eigenvalue weighted by Gasteiger charge is -2.29. The Balaban J connectivity index is 1.70. The fourth-order valence-corrected chi connectivity index (χ4v) is 7.82. The average molecular weight is 345 g/mol. The van der Waals surface area contributed by atoms with E-state index in [1.165, 1.54) is 44.0 Å². The second kappa shape index (κ2) is 6.76. The molecule has 0 radical (unpaired) electrons. The van der Waals surface area contributed by atoms with Gasteiger partial charge in [0.05, 0.1) is 13.2 Å². The molecule has 0 aromatic heterocycles. The predicted molar refractivity (Wildman–Crippen MR) is 102 cm³/mol. The lowest BCUT2D eigenvalue weighted by atomic mass is 9.80. The number of benzene rings is 1. The highest BCUT2D eigenvalue weighted by atomic mass is 28.3. The number of carbonyl (C=O) groups excluding carboxylic acids is 1. The van der Waals surface area contributed by atoms with Crippen molar-refractivity contribution in [1.82, 2.24) is 0 Å². The lowest BCUT2D eigenvalue weighted by molar-refractivity contribution is -0.113. The van der Waals surface area contributed by atoms with E-state index in [2.05, 4.69) is 43.9 Å². The van der Waals surface area contributed by atoms with Gasteiger partial charge in [0, 0.05) is 19.4 Å². The van der Waals surface area contributed by atoms with Gasteiger partial charge in [0.15, 0.2) is 0 Å². The fourth-order valence-electron chi connectivity index (χ4n) is 5.38. The SMILES string of the molecule is C[Si](C)(C)C[C@]1(C=O)[C@@H](COCc2ccccc2)C12CCCCC2. The Hall–Kier alpha value is -0.933. The molecule has 24 heavy (non-hydrogen) atoms. The molecule has 2 nitrogen and oxygen atoms in total. The molecule has 1 aromatic carbocycles. The van der Waals surface area contributed by atoms with Crippen molar-refractivity contribution in [3.8, 4) is 0 Å². The van der Waals surface area contributed by atoms with Gasteiger partial charge >= 0.3 is 0 Å². The van der Waals surface area contributed by atoms with Crippen LogP contribution in [-0.2, 0) is 16.1 Å². The van der Waals surface area contributed by atoms with Crippen LogP contribution in [0.25, 0.3) is 0 Å². The molecule has 2 atom stereocenters. The number of hydrogen-bond donors (Lipinski definition) is 0. The van der Waals surface area contributed by atoms with Crippen molar-refractivity contribution in [3.63, 3.8) is 0 Å². The Morgan fingerprint density at radius 1 is 1.12 bits per heavy atom. The number of hydrogen-bond acceptors (Lipinski definition) is 2. The number of carbonyl (C=O) groups is 1. The van der Waals surface area contributed by atoms with Crippen LogP contribution in [0.1, 0.15) is 37.7 Å². The summed E-state index contributed by atoms with van der Waals surface area (Å²) in [4.78, 5) is 12.3. The predicted octanol–water partition coefficient (Wildman–Crippen LogP) is 5.31. The highest BCUT2D eigenvalue weighted by molar-refractivity contribution is 6.76. The van der Waals surface area contributed by atoms with Crippen LogP contribution in [0.2, 0.25) is 25.7 Å². The average Bonchev–Trinajstić information content (AvgIpc) is 3.06. The maximum Gasteiger partial charge on any atom is 0.126 e. The zero-order valence-electron chi connectivity index (χ0n) is 15.5. The van der Waals surface area contributed by atoms with Gasteiger partial charge in [-0.05, 0) is 29.9 Å². The molecular formula is C21H32O2Si. The molecule has 0 aliphatic heterocycles. The van der Waals surface area contributed by atoms with Crippen molar-refractivity contribution in [3.05, 3.63) is 35.9 Å². The number of rotatable bonds is 7. The van der Waals surface area contributed by atoms with Gasteiger partial charge in [-0.2, -0.15) is 0 Å². The van der Waals surface area contributed by atoms with E-state index in [9.17, 15) is 4.79 Å². The van der Waals surface area contributed by atoms with Crippen molar-refractivity contribution in [2.45, 2.75) is 64.4 Å². The summed E-state index contributed by atoms with van der Waals surface area (Å²) in [5, 5.41) is 0. The van der Waals surface area contributed by atoms with E-state index in [-0.39, 0.29) is 10.8 Å². The second-order valence-electron chi connectivity index (χ2n) is 9.17. The van der Waals surface area contributed by atoms with Crippen molar-refractivity contribution in [2.24, 2.45) is 16.7 Å². The van der Waals surface area contributed by atoms with E-state index in [0.29, 0.717) is 12.5 Å². The van der Waals surface area contributed by atoms with E-state index in [1.54, 1.807) is 0 Å². The van der Waals surface area contributed by atoms with E-state index in [0.717, 1.165) is 12.7 Å². The summed E-state index contributed by atoms with van der Waals surface area (Å²) in [7, 11) is -1.29. The lowest BCUT2D eigenvalue weighted by Crippen LogP contribution is -2.30. The highest BCUT2D eigenvalue weighted by Crippen LogP contribution is 2.76. The normalized spacial score (nSPS) is 28.7. The van der Waals surface area contributed by atoms with Crippen LogP contribution in [0.4, 0.5) is 0 Å². The monoisotopic (exact) mass is 344 g/mol. The molecule has 2 saturated carbocycles. The maximum atomic E-state index is 12.3. The third kappa shape index (κ3) is 3.25. The van der Waals surface area contributed by atoms with Crippen molar-refractivity contribution < 1.29 is 9.53 Å². The van der Waals surface area contributed by atoms with Crippen molar-refractivity contribution in [1.29, 1.82) is 0 Å². The molecule has 1 aromatic rings. The Kier molecular flexibility index (Phi) is 5.03. The molecule has 3 heteroatoms. The molecule has 2 fully saturated rings. The van der Waals surface area contributed by atoms with Gasteiger partial charge in [-0.15, -0.1) is 0 Å². The first kappa shape index (κ1) is 17.9. The standard InChI is InChI=1S/C21H32O2Si/c1-24(2,3)17-21(16-22)19(20(21)12-8-5-9-13-20)15-23-14-18-10-6-4-7-11-18/h4,6-7,10-11,16,19H,5,8-9,12-15,17H2,1-3H3/t19-,21+/m0/s1. The van der Waals surface area contributed by atoms with E-state index < -0.39 is 8.07 Å².